The maximum absolute atomic E-state index is 12.0. The van der Waals surface area contributed by atoms with Gasteiger partial charge in [0.1, 0.15) is 5.65 Å². The molecule has 2 aromatic rings. The predicted octanol–water partition coefficient (Wildman–Crippen LogP) is 1.02. The van der Waals surface area contributed by atoms with Crippen molar-refractivity contribution in [1.82, 2.24) is 9.55 Å². The van der Waals surface area contributed by atoms with Gasteiger partial charge in [-0.3, -0.25) is 9.36 Å². The van der Waals surface area contributed by atoms with Gasteiger partial charge in [-0.25, -0.2) is 0 Å². The van der Waals surface area contributed by atoms with E-state index in [1.165, 1.54) is 32.0 Å². The van der Waals surface area contributed by atoms with Crippen LogP contribution in [0.5, 0.6) is 5.88 Å². The molecule has 2 aromatic heterocycles. The van der Waals surface area contributed by atoms with Crippen LogP contribution in [-0.4, -0.2) is 37.2 Å². The molecule has 2 heterocycles. The third-order valence-electron chi connectivity index (χ3n) is 2.87. The molecule has 0 aromatic carbocycles. The van der Waals surface area contributed by atoms with Crippen LogP contribution >= 0.6 is 0 Å². The highest BCUT2D eigenvalue weighted by Crippen LogP contribution is 2.15. The molecule has 0 aliphatic rings. The molecular weight excluding hydrogens is 248 g/mol. The summed E-state index contributed by atoms with van der Waals surface area (Å²) in [5.74, 6) is 0.457. The second-order valence-electron chi connectivity index (χ2n) is 3.95. The normalized spacial score (nSPS) is 11.2. The van der Waals surface area contributed by atoms with Gasteiger partial charge in [0.05, 0.1) is 13.7 Å². The van der Waals surface area contributed by atoms with E-state index in [9.17, 15) is 4.79 Å². The molecular formula is C13H16N2O4. The summed E-state index contributed by atoms with van der Waals surface area (Å²) < 4.78 is 16.8. The van der Waals surface area contributed by atoms with E-state index in [0.717, 1.165) is 5.39 Å². The number of hydrogen-bond acceptors (Lipinski definition) is 5. The lowest BCUT2D eigenvalue weighted by atomic mass is 10.3. The molecule has 0 atom stereocenters. The Balaban J connectivity index is 2.56. The van der Waals surface area contributed by atoms with Crippen molar-refractivity contribution in [3.63, 3.8) is 0 Å². The maximum atomic E-state index is 12.0. The van der Waals surface area contributed by atoms with Gasteiger partial charge >= 0.3 is 0 Å². The van der Waals surface area contributed by atoms with Crippen molar-refractivity contribution in [3.8, 4) is 5.88 Å². The first kappa shape index (κ1) is 13.5. The summed E-state index contributed by atoms with van der Waals surface area (Å²) in [5.41, 5.74) is 0.387. The van der Waals surface area contributed by atoms with Crippen LogP contribution in [0.4, 0.5) is 0 Å². The summed E-state index contributed by atoms with van der Waals surface area (Å²) in [4.78, 5) is 16.3. The number of pyridine rings is 2. The third kappa shape index (κ3) is 2.74. The Bertz CT molecular complexity index is 620. The van der Waals surface area contributed by atoms with Crippen LogP contribution in [0.25, 0.3) is 11.0 Å². The molecule has 2 rings (SSSR count). The molecule has 0 saturated heterocycles. The van der Waals surface area contributed by atoms with Crippen molar-refractivity contribution in [3.05, 3.63) is 34.6 Å². The van der Waals surface area contributed by atoms with Gasteiger partial charge < -0.3 is 14.2 Å². The Kier molecular flexibility index (Phi) is 4.13. The van der Waals surface area contributed by atoms with Crippen molar-refractivity contribution < 1.29 is 14.2 Å². The Morgan fingerprint density at radius 2 is 1.84 bits per heavy atom. The Morgan fingerprint density at radius 3 is 2.47 bits per heavy atom. The number of nitrogens with zero attached hydrogens (tertiary/aromatic N) is 2. The molecule has 0 aliphatic carbocycles. The molecule has 0 radical (unpaired) electrons. The quantitative estimate of drug-likeness (QED) is 0.755. The van der Waals surface area contributed by atoms with Crippen LogP contribution in [0.3, 0.4) is 0 Å². The van der Waals surface area contributed by atoms with Crippen LogP contribution in [0.1, 0.15) is 0 Å². The van der Waals surface area contributed by atoms with E-state index in [0.29, 0.717) is 11.5 Å². The van der Waals surface area contributed by atoms with Gasteiger partial charge in [-0.1, -0.05) is 0 Å². The number of fused-ring (bicyclic) bond motifs is 1. The van der Waals surface area contributed by atoms with Gasteiger partial charge in [-0.05, 0) is 12.1 Å². The van der Waals surface area contributed by atoms with Gasteiger partial charge in [0.15, 0.2) is 6.29 Å². The largest absolute Gasteiger partial charge is 0.481 e. The van der Waals surface area contributed by atoms with Gasteiger partial charge in [-0.15, -0.1) is 0 Å². The third-order valence-corrected chi connectivity index (χ3v) is 2.87. The van der Waals surface area contributed by atoms with Gasteiger partial charge in [0.25, 0.3) is 5.56 Å². The lowest BCUT2D eigenvalue weighted by Gasteiger charge is -2.16. The highest BCUT2D eigenvalue weighted by atomic mass is 16.7. The molecule has 0 fully saturated rings. The van der Waals surface area contributed by atoms with E-state index in [1.54, 1.807) is 12.1 Å². The first-order valence-electron chi connectivity index (χ1n) is 5.79. The summed E-state index contributed by atoms with van der Waals surface area (Å²) >= 11 is 0. The molecule has 19 heavy (non-hydrogen) atoms. The predicted molar refractivity (Wildman–Crippen MR) is 70.4 cm³/mol. The average molecular weight is 264 g/mol. The van der Waals surface area contributed by atoms with E-state index >= 15 is 0 Å². The molecule has 0 spiro atoms. The SMILES string of the molecule is COc1ccc2ccc(=O)n(CC(OC)OC)c2n1. The standard InChI is InChI=1S/C13H16N2O4/c1-17-10-6-4-9-5-7-11(16)15(13(9)14-10)8-12(18-2)19-3/h4-7,12H,8H2,1-3H3. The number of ether oxygens (including phenoxy) is 3. The van der Waals surface area contributed by atoms with Crippen LogP contribution in [-0.2, 0) is 16.0 Å². The molecule has 0 saturated carbocycles. The van der Waals surface area contributed by atoms with Crippen LogP contribution in [0.2, 0.25) is 0 Å². The summed E-state index contributed by atoms with van der Waals surface area (Å²) in [6, 6.07) is 6.83. The molecule has 6 heteroatoms. The van der Waals surface area contributed by atoms with Crippen molar-refractivity contribution in [1.29, 1.82) is 0 Å². The second kappa shape index (κ2) is 5.81. The highest BCUT2D eigenvalue weighted by molar-refractivity contribution is 5.75. The second-order valence-corrected chi connectivity index (χ2v) is 3.95. The van der Waals surface area contributed by atoms with Crippen molar-refractivity contribution in [2.24, 2.45) is 0 Å². The Morgan fingerprint density at radius 1 is 1.16 bits per heavy atom. The first-order chi connectivity index (χ1) is 9.19. The fourth-order valence-electron chi connectivity index (χ4n) is 1.83. The number of rotatable bonds is 5. The summed E-state index contributed by atoms with van der Waals surface area (Å²) in [5, 5.41) is 0.853. The molecule has 0 aliphatic heterocycles. The minimum Gasteiger partial charge on any atom is -0.481 e. The van der Waals surface area contributed by atoms with Crippen molar-refractivity contribution >= 4 is 11.0 Å². The van der Waals surface area contributed by atoms with Crippen molar-refractivity contribution in [2.75, 3.05) is 21.3 Å². The maximum Gasteiger partial charge on any atom is 0.252 e. The van der Waals surface area contributed by atoms with E-state index in [2.05, 4.69) is 4.98 Å². The number of hydrogen-bond donors (Lipinski definition) is 0. The fraction of sp³-hybridized carbons (Fsp3) is 0.385. The van der Waals surface area contributed by atoms with Crippen LogP contribution in [0, 0.1) is 0 Å². The fourth-order valence-corrected chi connectivity index (χ4v) is 1.83. The molecule has 6 nitrogen and oxygen atoms in total. The smallest absolute Gasteiger partial charge is 0.252 e. The molecule has 0 N–H and O–H groups in total. The zero-order chi connectivity index (χ0) is 13.8. The zero-order valence-corrected chi connectivity index (χ0v) is 11.1. The van der Waals surface area contributed by atoms with Gasteiger partial charge in [-0.2, -0.15) is 4.98 Å². The molecule has 0 unspecified atom stereocenters. The monoisotopic (exact) mass is 264 g/mol. The molecule has 102 valence electrons. The average Bonchev–Trinajstić information content (AvgIpc) is 2.46. The highest BCUT2D eigenvalue weighted by Gasteiger charge is 2.11. The molecule has 0 bridgehead atoms. The van der Waals surface area contributed by atoms with E-state index in [4.69, 9.17) is 14.2 Å². The van der Waals surface area contributed by atoms with Crippen LogP contribution in [0.15, 0.2) is 29.1 Å². The summed E-state index contributed by atoms with van der Waals surface area (Å²) in [7, 11) is 4.59. The van der Waals surface area contributed by atoms with E-state index in [1.807, 2.05) is 6.07 Å². The van der Waals surface area contributed by atoms with E-state index in [-0.39, 0.29) is 12.1 Å². The van der Waals surface area contributed by atoms with Crippen molar-refractivity contribution in [2.45, 2.75) is 12.8 Å². The lowest BCUT2D eigenvalue weighted by Crippen LogP contribution is -2.29. The number of methoxy groups -OCH3 is 3. The molecule has 0 amide bonds. The minimum atomic E-state index is -0.503. The summed E-state index contributed by atoms with van der Waals surface area (Å²) in [6.45, 7) is 0.267. The zero-order valence-electron chi connectivity index (χ0n) is 11.1. The Labute approximate surface area is 110 Å². The van der Waals surface area contributed by atoms with E-state index < -0.39 is 6.29 Å². The first-order valence-corrected chi connectivity index (χ1v) is 5.79. The topological polar surface area (TPSA) is 62.6 Å². The number of aromatic nitrogens is 2. The lowest BCUT2D eigenvalue weighted by molar-refractivity contribution is -0.110. The summed E-state index contributed by atoms with van der Waals surface area (Å²) in [6.07, 6.45) is -0.503. The minimum absolute atomic E-state index is 0.160. The Hall–Kier alpha value is -1.92. The van der Waals surface area contributed by atoms with Gasteiger partial charge in [0.2, 0.25) is 5.88 Å². The van der Waals surface area contributed by atoms with Crippen LogP contribution < -0.4 is 10.3 Å². The van der Waals surface area contributed by atoms with Gasteiger partial charge in [0, 0.05) is 31.7 Å².